The van der Waals surface area contributed by atoms with Crippen LogP contribution in [-0.4, -0.2) is 50.3 Å². The van der Waals surface area contributed by atoms with Crippen LogP contribution >= 0.6 is 0 Å². The van der Waals surface area contributed by atoms with Crippen molar-refractivity contribution >= 4 is 5.96 Å². The van der Waals surface area contributed by atoms with Gasteiger partial charge in [0.15, 0.2) is 5.96 Å². The van der Waals surface area contributed by atoms with E-state index in [-0.39, 0.29) is 0 Å². The summed E-state index contributed by atoms with van der Waals surface area (Å²) < 4.78 is 10.9. The van der Waals surface area contributed by atoms with Crippen molar-refractivity contribution in [1.82, 2.24) is 10.2 Å². The van der Waals surface area contributed by atoms with E-state index in [0.29, 0.717) is 12.5 Å². The molecule has 5 heteroatoms. The van der Waals surface area contributed by atoms with Gasteiger partial charge in [-0.25, -0.2) is 4.99 Å². The van der Waals surface area contributed by atoms with E-state index in [1.54, 1.807) is 6.26 Å². The molecule has 1 saturated heterocycles. The molecule has 1 aliphatic heterocycles. The third-order valence-corrected chi connectivity index (χ3v) is 3.88. The van der Waals surface area contributed by atoms with Gasteiger partial charge in [0, 0.05) is 38.6 Å². The number of furan rings is 1. The fourth-order valence-electron chi connectivity index (χ4n) is 2.68. The predicted molar refractivity (Wildman–Crippen MR) is 93.7 cm³/mol. The summed E-state index contributed by atoms with van der Waals surface area (Å²) in [5.41, 5.74) is 1.07. The molecule has 1 aromatic rings. The highest BCUT2D eigenvalue weighted by molar-refractivity contribution is 5.80. The van der Waals surface area contributed by atoms with Gasteiger partial charge in [0.25, 0.3) is 0 Å². The van der Waals surface area contributed by atoms with Crippen LogP contribution in [0.1, 0.15) is 26.0 Å². The van der Waals surface area contributed by atoms with Crippen molar-refractivity contribution in [2.45, 2.75) is 26.7 Å². The van der Waals surface area contributed by atoms with Crippen molar-refractivity contribution in [3.63, 3.8) is 0 Å². The van der Waals surface area contributed by atoms with Crippen LogP contribution in [0.25, 0.3) is 0 Å². The molecule has 0 bridgehead atoms. The Morgan fingerprint density at radius 2 is 2.43 bits per heavy atom. The van der Waals surface area contributed by atoms with E-state index in [1.807, 2.05) is 26.0 Å². The number of likely N-dealkylation sites (tertiary alicyclic amines) is 1. The number of nitrogens with one attached hydrogen (secondary N) is 1. The standard InChI is InChI=1S/C18H29N3O2/c1-4-22-14-16-8-10-21(13-16)18(20-12-15(2)3)19-9-7-17-6-5-11-23-17/h5-6,11,16H,2,4,7-10,12-14H2,1,3H3,(H,19,20). The van der Waals surface area contributed by atoms with Crippen LogP contribution in [0.2, 0.25) is 0 Å². The predicted octanol–water partition coefficient (Wildman–Crippen LogP) is 2.70. The highest BCUT2D eigenvalue weighted by atomic mass is 16.5. The minimum absolute atomic E-state index is 0.594. The van der Waals surface area contributed by atoms with Crippen molar-refractivity contribution in [3.05, 3.63) is 36.3 Å². The Morgan fingerprint density at radius 3 is 3.13 bits per heavy atom. The van der Waals surface area contributed by atoms with Crippen LogP contribution in [0, 0.1) is 5.92 Å². The monoisotopic (exact) mass is 319 g/mol. The molecule has 23 heavy (non-hydrogen) atoms. The smallest absolute Gasteiger partial charge is 0.194 e. The van der Waals surface area contributed by atoms with Gasteiger partial charge in [0.05, 0.1) is 19.4 Å². The first-order valence-corrected chi connectivity index (χ1v) is 8.46. The minimum Gasteiger partial charge on any atom is -0.469 e. The van der Waals surface area contributed by atoms with Gasteiger partial charge in [-0.1, -0.05) is 12.2 Å². The molecule has 0 saturated carbocycles. The lowest BCUT2D eigenvalue weighted by atomic mass is 10.1. The van der Waals surface area contributed by atoms with Crippen LogP contribution in [0.15, 0.2) is 40.0 Å². The zero-order chi connectivity index (χ0) is 16.5. The maximum absolute atomic E-state index is 5.56. The lowest BCUT2D eigenvalue weighted by Gasteiger charge is -2.22. The second-order valence-electron chi connectivity index (χ2n) is 6.11. The van der Waals surface area contributed by atoms with E-state index in [0.717, 1.165) is 63.0 Å². The van der Waals surface area contributed by atoms with E-state index >= 15 is 0 Å². The molecule has 128 valence electrons. The molecule has 2 rings (SSSR count). The molecule has 1 atom stereocenters. The van der Waals surface area contributed by atoms with Gasteiger partial charge in [0.2, 0.25) is 0 Å². The summed E-state index contributed by atoms with van der Waals surface area (Å²) in [7, 11) is 0. The van der Waals surface area contributed by atoms with Crippen LogP contribution in [0.5, 0.6) is 0 Å². The Bertz CT molecular complexity index is 496. The van der Waals surface area contributed by atoms with E-state index in [9.17, 15) is 0 Å². The lowest BCUT2D eigenvalue weighted by molar-refractivity contribution is 0.114. The Labute approximate surface area is 139 Å². The fourth-order valence-corrected chi connectivity index (χ4v) is 2.68. The summed E-state index contributed by atoms with van der Waals surface area (Å²) in [6.45, 7) is 13.1. The average molecular weight is 319 g/mol. The van der Waals surface area contributed by atoms with Crippen molar-refractivity contribution in [2.24, 2.45) is 10.9 Å². The summed E-state index contributed by atoms with van der Waals surface area (Å²) in [5.74, 6) is 2.56. The molecule has 1 aromatic heterocycles. The van der Waals surface area contributed by atoms with E-state index < -0.39 is 0 Å². The van der Waals surface area contributed by atoms with Gasteiger partial charge in [-0.2, -0.15) is 0 Å². The van der Waals surface area contributed by atoms with Crippen molar-refractivity contribution in [2.75, 3.05) is 39.4 Å². The van der Waals surface area contributed by atoms with Crippen LogP contribution in [0.4, 0.5) is 0 Å². The first-order valence-electron chi connectivity index (χ1n) is 8.46. The first-order chi connectivity index (χ1) is 11.2. The maximum atomic E-state index is 5.56. The molecular formula is C18H29N3O2. The van der Waals surface area contributed by atoms with E-state index in [4.69, 9.17) is 14.1 Å². The molecule has 1 N–H and O–H groups in total. The number of hydrogen-bond donors (Lipinski definition) is 1. The molecule has 1 aliphatic rings. The molecular weight excluding hydrogens is 290 g/mol. The van der Waals surface area contributed by atoms with Crippen LogP contribution in [0.3, 0.4) is 0 Å². The normalized spacial score (nSPS) is 18.4. The third kappa shape index (κ3) is 6.10. The summed E-state index contributed by atoms with van der Waals surface area (Å²) in [6, 6.07) is 3.92. The molecule has 2 heterocycles. The molecule has 0 aromatic carbocycles. The zero-order valence-corrected chi connectivity index (χ0v) is 14.4. The quantitative estimate of drug-likeness (QED) is 0.455. The number of ether oxygens (including phenoxy) is 1. The summed E-state index contributed by atoms with van der Waals surface area (Å²) in [6.07, 6.45) is 3.73. The number of guanidine groups is 1. The van der Waals surface area contributed by atoms with Gasteiger partial charge in [-0.3, -0.25) is 0 Å². The van der Waals surface area contributed by atoms with Gasteiger partial charge in [0.1, 0.15) is 5.76 Å². The number of nitrogens with zero attached hydrogens (tertiary/aromatic N) is 2. The van der Waals surface area contributed by atoms with Crippen LogP contribution in [-0.2, 0) is 11.2 Å². The molecule has 5 nitrogen and oxygen atoms in total. The van der Waals surface area contributed by atoms with E-state index in [1.165, 1.54) is 0 Å². The molecule has 1 fully saturated rings. The summed E-state index contributed by atoms with van der Waals surface area (Å²) in [4.78, 5) is 7.03. The van der Waals surface area contributed by atoms with Gasteiger partial charge in [-0.05, 0) is 32.4 Å². The fraction of sp³-hybridized carbons (Fsp3) is 0.611. The minimum atomic E-state index is 0.594. The second kappa shape index (κ2) is 9.40. The SMILES string of the molecule is C=C(C)CN=C(NCCc1ccco1)N1CCC(COCC)C1. The third-order valence-electron chi connectivity index (χ3n) is 3.88. The molecule has 1 unspecified atom stereocenters. The molecule has 0 spiro atoms. The number of aliphatic imine (C=N–C) groups is 1. The van der Waals surface area contributed by atoms with Crippen molar-refractivity contribution in [3.8, 4) is 0 Å². The van der Waals surface area contributed by atoms with Gasteiger partial charge < -0.3 is 19.4 Å². The Morgan fingerprint density at radius 1 is 1.57 bits per heavy atom. The van der Waals surface area contributed by atoms with Crippen molar-refractivity contribution < 1.29 is 9.15 Å². The second-order valence-corrected chi connectivity index (χ2v) is 6.11. The largest absolute Gasteiger partial charge is 0.469 e. The molecule has 0 aliphatic carbocycles. The first kappa shape index (κ1) is 17.6. The molecule has 0 radical (unpaired) electrons. The maximum Gasteiger partial charge on any atom is 0.194 e. The Kier molecular flexibility index (Phi) is 7.20. The van der Waals surface area contributed by atoms with Crippen LogP contribution < -0.4 is 5.32 Å². The van der Waals surface area contributed by atoms with Gasteiger partial charge in [-0.15, -0.1) is 0 Å². The van der Waals surface area contributed by atoms with E-state index in [2.05, 4.69) is 16.8 Å². The lowest BCUT2D eigenvalue weighted by Crippen LogP contribution is -2.41. The number of hydrogen-bond acceptors (Lipinski definition) is 3. The molecule has 0 amide bonds. The highest BCUT2D eigenvalue weighted by Crippen LogP contribution is 2.16. The Hall–Kier alpha value is -1.75. The van der Waals surface area contributed by atoms with Crippen molar-refractivity contribution in [1.29, 1.82) is 0 Å². The average Bonchev–Trinajstić information content (AvgIpc) is 3.20. The zero-order valence-electron chi connectivity index (χ0n) is 14.4. The Balaban J connectivity index is 1.86. The summed E-state index contributed by atoms with van der Waals surface area (Å²) in [5, 5.41) is 3.47. The highest BCUT2D eigenvalue weighted by Gasteiger charge is 2.24. The topological polar surface area (TPSA) is 50.0 Å². The summed E-state index contributed by atoms with van der Waals surface area (Å²) >= 11 is 0. The number of rotatable bonds is 8. The van der Waals surface area contributed by atoms with Gasteiger partial charge >= 0.3 is 0 Å².